The molecule has 2 rings (SSSR count). The van der Waals surface area contributed by atoms with Gasteiger partial charge in [-0.15, -0.1) is 0 Å². The molecule has 1 amide bonds. The van der Waals surface area contributed by atoms with E-state index in [9.17, 15) is 4.79 Å². The van der Waals surface area contributed by atoms with Gasteiger partial charge in [-0.05, 0) is 43.7 Å². The molecule has 1 aromatic heterocycles. The molecule has 2 aromatic rings. The highest BCUT2D eigenvalue weighted by Gasteiger charge is 2.10. The Balaban J connectivity index is 2.08. The summed E-state index contributed by atoms with van der Waals surface area (Å²) >= 11 is 0. The van der Waals surface area contributed by atoms with Crippen molar-refractivity contribution in [3.8, 4) is 6.07 Å². The largest absolute Gasteiger partial charge is 0.352 e. The molecule has 0 saturated carbocycles. The number of amides is 1. The number of carbonyl (C=O) groups excluding carboxylic acids is 1. The second-order valence-corrected chi connectivity index (χ2v) is 4.86. The zero-order valence-electron chi connectivity index (χ0n) is 12.5. The number of hydrogen-bond acceptors (Lipinski definition) is 5. The molecular weight excluding hydrogens is 278 g/mol. The van der Waals surface area contributed by atoms with Crippen LogP contribution in [0.25, 0.3) is 0 Å². The second kappa shape index (κ2) is 7.18. The fraction of sp³-hybridized carbons (Fsp3) is 0.250. The second-order valence-electron chi connectivity index (χ2n) is 4.86. The number of carbonyl (C=O) groups is 1. The van der Waals surface area contributed by atoms with Gasteiger partial charge in [0.1, 0.15) is 5.69 Å². The fourth-order valence-corrected chi connectivity index (χ4v) is 1.70. The van der Waals surface area contributed by atoms with Crippen LogP contribution in [0.1, 0.15) is 36.3 Å². The van der Waals surface area contributed by atoms with Crippen LogP contribution in [-0.4, -0.2) is 21.9 Å². The van der Waals surface area contributed by atoms with Gasteiger partial charge in [-0.1, -0.05) is 6.92 Å². The van der Waals surface area contributed by atoms with Crippen molar-refractivity contribution in [3.05, 3.63) is 47.8 Å². The molecule has 1 heterocycles. The van der Waals surface area contributed by atoms with E-state index in [1.807, 2.05) is 13.0 Å². The lowest BCUT2D eigenvalue weighted by Crippen LogP contribution is -2.19. The van der Waals surface area contributed by atoms with E-state index in [2.05, 4.69) is 27.5 Å². The van der Waals surface area contributed by atoms with Gasteiger partial charge in [-0.2, -0.15) is 5.26 Å². The van der Waals surface area contributed by atoms with Crippen molar-refractivity contribution in [2.24, 2.45) is 0 Å². The van der Waals surface area contributed by atoms with Gasteiger partial charge in [0.15, 0.2) is 0 Å². The average molecular weight is 295 g/mol. The van der Waals surface area contributed by atoms with Crippen LogP contribution in [0.15, 0.2) is 36.5 Å². The van der Waals surface area contributed by atoms with E-state index in [0.29, 0.717) is 17.2 Å². The Hall–Kier alpha value is -2.94. The summed E-state index contributed by atoms with van der Waals surface area (Å²) in [5.41, 5.74) is 1.43. The van der Waals surface area contributed by atoms with Crippen LogP contribution in [-0.2, 0) is 0 Å². The Morgan fingerprint density at radius 2 is 2.05 bits per heavy atom. The molecule has 0 fully saturated rings. The van der Waals surface area contributed by atoms with Crippen molar-refractivity contribution >= 4 is 17.5 Å². The van der Waals surface area contributed by atoms with Crippen LogP contribution < -0.4 is 10.6 Å². The molecule has 112 valence electrons. The molecule has 0 radical (unpaired) electrons. The Bertz CT molecular complexity index is 690. The van der Waals surface area contributed by atoms with E-state index < -0.39 is 0 Å². The molecule has 0 aliphatic rings. The van der Waals surface area contributed by atoms with Gasteiger partial charge in [0.25, 0.3) is 5.91 Å². The standard InChI is InChI=1S/C16H17N5O/c1-3-11(2)19-16-18-9-8-14(21-16)15(22)20-13-6-4-12(10-17)5-7-13/h4-9,11H,3H2,1-2H3,(H,20,22)(H,18,19,21). The van der Waals surface area contributed by atoms with E-state index in [0.717, 1.165) is 6.42 Å². The molecule has 0 aliphatic heterocycles. The molecule has 2 N–H and O–H groups in total. The van der Waals surface area contributed by atoms with Crippen LogP contribution in [0.2, 0.25) is 0 Å². The Labute approximate surface area is 129 Å². The maximum Gasteiger partial charge on any atom is 0.274 e. The number of anilines is 2. The zero-order chi connectivity index (χ0) is 15.9. The van der Waals surface area contributed by atoms with Gasteiger partial charge in [0.2, 0.25) is 5.95 Å². The minimum Gasteiger partial charge on any atom is -0.352 e. The number of nitrogens with zero attached hydrogens (tertiary/aromatic N) is 3. The lowest BCUT2D eigenvalue weighted by atomic mass is 10.2. The molecule has 0 aliphatic carbocycles. The van der Waals surface area contributed by atoms with Gasteiger partial charge in [-0.25, -0.2) is 9.97 Å². The topological polar surface area (TPSA) is 90.7 Å². The van der Waals surface area contributed by atoms with Crippen molar-refractivity contribution in [2.75, 3.05) is 10.6 Å². The number of hydrogen-bond donors (Lipinski definition) is 2. The summed E-state index contributed by atoms with van der Waals surface area (Å²) in [6, 6.07) is 10.5. The van der Waals surface area contributed by atoms with Gasteiger partial charge in [0.05, 0.1) is 11.6 Å². The first kappa shape index (κ1) is 15.4. The lowest BCUT2D eigenvalue weighted by Gasteiger charge is -2.11. The fourth-order valence-electron chi connectivity index (χ4n) is 1.70. The van der Waals surface area contributed by atoms with Gasteiger partial charge < -0.3 is 10.6 Å². The minimum atomic E-state index is -0.320. The maximum absolute atomic E-state index is 12.2. The highest BCUT2D eigenvalue weighted by Crippen LogP contribution is 2.11. The summed E-state index contributed by atoms with van der Waals surface area (Å²) in [6.45, 7) is 4.08. The summed E-state index contributed by atoms with van der Waals surface area (Å²) < 4.78 is 0. The summed E-state index contributed by atoms with van der Waals surface area (Å²) in [5, 5.41) is 14.6. The number of rotatable bonds is 5. The van der Waals surface area contributed by atoms with E-state index in [1.165, 1.54) is 0 Å². The predicted molar refractivity (Wildman–Crippen MR) is 84.5 cm³/mol. The number of nitriles is 1. The van der Waals surface area contributed by atoms with Crippen molar-refractivity contribution in [3.63, 3.8) is 0 Å². The molecule has 0 saturated heterocycles. The highest BCUT2D eigenvalue weighted by molar-refractivity contribution is 6.02. The third-order valence-electron chi connectivity index (χ3n) is 3.15. The van der Waals surface area contributed by atoms with Crippen molar-refractivity contribution in [1.82, 2.24) is 9.97 Å². The Kier molecular flexibility index (Phi) is 5.04. The third kappa shape index (κ3) is 4.03. The summed E-state index contributed by atoms with van der Waals surface area (Å²) in [4.78, 5) is 20.5. The van der Waals surface area contributed by atoms with Crippen LogP contribution >= 0.6 is 0 Å². The number of aromatic nitrogens is 2. The van der Waals surface area contributed by atoms with Crippen LogP contribution in [0.4, 0.5) is 11.6 Å². The quantitative estimate of drug-likeness (QED) is 0.885. The smallest absolute Gasteiger partial charge is 0.274 e. The van der Waals surface area contributed by atoms with Crippen LogP contribution in [0, 0.1) is 11.3 Å². The minimum absolute atomic E-state index is 0.233. The van der Waals surface area contributed by atoms with E-state index in [1.54, 1.807) is 36.5 Å². The molecule has 1 atom stereocenters. The zero-order valence-corrected chi connectivity index (χ0v) is 12.5. The van der Waals surface area contributed by atoms with Crippen molar-refractivity contribution in [1.29, 1.82) is 5.26 Å². The molecular formula is C16H17N5O. The predicted octanol–water partition coefficient (Wildman–Crippen LogP) is 2.81. The Morgan fingerprint density at radius 3 is 2.68 bits per heavy atom. The van der Waals surface area contributed by atoms with Gasteiger partial charge >= 0.3 is 0 Å². The number of nitrogens with one attached hydrogen (secondary N) is 2. The monoisotopic (exact) mass is 295 g/mol. The summed E-state index contributed by atoms with van der Waals surface area (Å²) in [6.07, 6.45) is 2.48. The molecule has 1 aromatic carbocycles. The molecule has 6 heteroatoms. The first-order valence-electron chi connectivity index (χ1n) is 7.03. The maximum atomic E-state index is 12.2. The van der Waals surface area contributed by atoms with E-state index >= 15 is 0 Å². The average Bonchev–Trinajstić information content (AvgIpc) is 2.55. The third-order valence-corrected chi connectivity index (χ3v) is 3.15. The number of benzene rings is 1. The van der Waals surface area contributed by atoms with Crippen LogP contribution in [0.5, 0.6) is 0 Å². The van der Waals surface area contributed by atoms with E-state index in [4.69, 9.17) is 5.26 Å². The molecule has 1 unspecified atom stereocenters. The van der Waals surface area contributed by atoms with Gasteiger partial charge in [-0.3, -0.25) is 4.79 Å². The SMILES string of the molecule is CCC(C)Nc1nccc(C(=O)Nc2ccc(C#N)cc2)n1. The molecule has 22 heavy (non-hydrogen) atoms. The normalized spacial score (nSPS) is 11.3. The summed E-state index contributed by atoms with van der Waals surface area (Å²) in [5.74, 6) is 0.112. The first-order chi connectivity index (χ1) is 10.6. The van der Waals surface area contributed by atoms with Crippen molar-refractivity contribution in [2.45, 2.75) is 26.3 Å². The van der Waals surface area contributed by atoms with Crippen LogP contribution in [0.3, 0.4) is 0 Å². The van der Waals surface area contributed by atoms with Gasteiger partial charge in [0, 0.05) is 17.9 Å². The first-order valence-corrected chi connectivity index (χ1v) is 7.03. The molecule has 6 nitrogen and oxygen atoms in total. The van der Waals surface area contributed by atoms with E-state index in [-0.39, 0.29) is 17.6 Å². The molecule has 0 bridgehead atoms. The summed E-state index contributed by atoms with van der Waals surface area (Å²) in [7, 11) is 0. The lowest BCUT2D eigenvalue weighted by molar-refractivity contribution is 0.102. The van der Waals surface area contributed by atoms with Crippen molar-refractivity contribution < 1.29 is 4.79 Å². The highest BCUT2D eigenvalue weighted by atomic mass is 16.1. The Morgan fingerprint density at radius 1 is 1.32 bits per heavy atom. The molecule has 0 spiro atoms.